The monoisotopic (exact) mass is 380 g/mol. The maximum absolute atomic E-state index is 5.88. The van der Waals surface area contributed by atoms with Crippen molar-refractivity contribution in [3.8, 4) is 5.75 Å². The van der Waals surface area contributed by atoms with Crippen LogP contribution in [0.2, 0.25) is 0 Å². The van der Waals surface area contributed by atoms with Crippen LogP contribution in [-0.4, -0.2) is 40.4 Å². The summed E-state index contributed by atoms with van der Waals surface area (Å²) in [5.74, 6) is 3.40. The summed E-state index contributed by atoms with van der Waals surface area (Å²) in [4.78, 5) is 4.58. The van der Waals surface area contributed by atoms with Crippen LogP contribution < -0.4 is 15.4 Å². The van der Waals surface area contributed by atoms with E-state index in [0.717, 1.165) is 42.9 Å². The van der Waals surface area contributed by atoms with Crippen LogP contribution >= 0.6 is 0 Å². The van der Waals surface area contributed by atoms with E-state index in [1.54, 1.807) is 0 Å². The van der Waals surface area contributed by atoms with Crippen LogP contribution in [0.1, 0.15) is 25.0 Å². The highest BCUT2D eigenvalue weighted by Crippen LogP contribution is 2.20. The van der Waals surface area contributed by atoms with Gasteiger partial charge in [0.1, 0.15) is 18.1 Å². The largest absolute Gasteiger partial charge is 0.494 e. The Morgan fingerprint density at radius 3 is 2.68 bits per heavy atom. The molecule has 0 aliphatic rings. The Kier molecular flexibility index (Phi) is 6.84. The fraction of sp³-hybridized carbons (Fsp3) is 0.381. The lowest BCUT2D eigenvalue weighted by Crippen LogP contribution is -2.38. The van der Waals surface area contributed by atoms with Crippen molar-refractivity contribution < 1.29 is 4.74 Å². The van der Waals surface area contributed by atoms with E-state index in [4.69, 9.17) is 4.74 Å². The van der Waals surface area contributed by atoms with Crippen molar-refractivity contribution in [3.05, 3.63) is 54.1 Å². The molecule has 0 aliphatic carbocycles. The number of benzene rings is 2. The minimum absolute atomic E-state index is 0.486. The van der Waals surface area contributed by atoms with Gasteiger partial charge in [-0.15, -0.1) is 10.2 Å². The number of aryl methyl sites for hydroxylation is 1. The van der Waals surface area contributed by atoms with Crippen molar-refractivity contribution >= 4 is 16.7 Å². The van der Waals surface area contributed by atoms with E-state index in [9.17, 15) is 0 Å². The van der Waals surface area contributed by atoms with Crippen LogP contribution in [0.4, 0.5) is 0 Å². The number of nitrogens with one attached hydrogen (secondary N) is 2. The summed E-state index contributed by atoms with van der Waals surface area (Å²) in [6.45, 7) is 6.69. The second kappa shape index (κ2) is 9.73. The van der Waals surface area contributed by atoms with Crippen molar-refractivity contribution in [1.29, 1.82) is 0 Å². The molecule has 1 aromatic heterocycles. The first-order valence-electron chi connectivity index (χ1n) is 9.66. The Bertz CT molecular complexity index is 934. The molecule has 28 heavy (non-hydrogen) atoms. The fourth-order valence-electron chi connectivity index (χ4n) is 2.81. The van der Waals surface area contributed by atoms with E-state index in [-0.39, 0.29) is 0 Å². The molecule has 0 spiro atoms. The van der Waals surface area contributed by atoms with E-state index in [2.05, 4.69) is 50.1 Å². The molecular formula is C21H28N6O. The van der Waals surface area contributed by atoms with Gasteiger partial charge in [0, 0.05) is 20.1 Å². The minimum Gasteiger partial charge on any atom is -0.494 e. The zero-order chi connectivity index (χ0) is 19.8. The highest BCUT2D eigenvalue weighted by atomic mass is 16.5. The number of guanidine groups is 1. The number of hydrogen-bond acceptors (Lipinski definition) is 4. The normalized spacial score (nSPS) is 11.6. The molecule has 3 aromatic rings. The number of aliphatic imine (C=N–C) groups is 1. The average molecular weight is 380 g/mol. The van der Waals surface area contributed by atoms with Gasteiger partial charge in [-0.1, -0.05) is 30.3 Å². The third-order valence-corrected chi connectivity index (χ3v) is 4.51. The van der Waals surface area contributed by atoms with Crippen LogP contribution in [0.5, 0.6) is 5.75 Å². The molecule has 0 saturated carbocycles. The molecule has 148 valence electrons. The third-order valence-electron chi connectivity index (χ3n) is 4.51. The van der Waals surface area contributed by atoms with Crippen molar-refractivity contribution in [2.45, 2.75) is 26.8 Å². The molecule has 1 heterocycles. The second-order valence-corrected chi connectivity index (χ2v) is 6.56. The summed E-state index contributed by atoms with van der Waals surface area (Å²) in [7, 11) is 1.95. The van der Waals surface area contributed by atoms with Crippen molar-refractivity contribution in [2.24, 2.45) is 12.0 Å². The molecule has 0 unspecified atom stereocenters. The van der Waals surface area contributed by atoms with Gasteiger partial charge in [0.25, 0.3) is 0 Å². The van der Waals surface area contributed by atoms with Crippen LogP contribution in [0.25, 0.3) is 10.8 Å². The average Bonchev–Trinajstić information content (AvgIpc) is 3.03. The quantitative estimate of drug-likeness (QED) is 0.357. The van der Waals surface area contributed by atoms with Gasteiger partial charge in [-0.3, -0.25) is 0 Å². The lowest BCUT2D eigenvalue weighted by atomic mass is 10.1. The Labute approximate surface area is 165 Å². The number of nitrogens with zero attached hydrogens (tertiary/aromatic N) is 4. The van der Waals surface area contributed by atoms with Crippen LogP contribution in [0.15, 0.2) is 47.5 Å². The molecule has 7 heteroatoms. The summed E-state index contributed by atoms with van der Waals surface area (Å²) >= 11 is 0. The highest BCUT2D eigenvalue weighted by molar-refractivity contribution is 5.83. The van der Waals surface area contributed by atoms with Crippen LogP contribution in [-0.2, 0) is 13.6 Å². The molecule has 0 aliphatic heterocycles. The van der Waals surface area contributed by atoms with Gasteiger partial charge >= 0.3 is 0 Å². The molecular weight excluding hydrogens is 352 g/mol. The molecule has 3 rings (SSSR count). The summed E-state index contributed by atoms with van der Waals surface area (Å²) in [5.41, 5.74) is 0. The van der Waals surface area contributed by atoms with Gasteiger partial charge in [-0.2, -0.15) is 0 Å². The Balaban J connectivity index is 1.44. The van der Waals surface area contributed by atoms with Crippen molar-refractivity contribution in [1.82, 2.24) is 25.4 Å². The molecule has 0 fully saturated rings. The highest BCUT2D eigenvalue weighted by Gasteiger charge is 2.05. The molecule has 0 saturated heterocycles. The summed E-state index contributed by atoms with van der Waals surface area (Å²) in [5, 5.41) is 17.2. The van der Waals surface area contributed by atoms with Crippen LogP contribution in [0.3, 0.4) is 0 Å². The first-order valence-corrected chi connectivity index (χ1v) is 9.66. The number of ether oxygens (including phenoxy) is 1. The third kappa shape index (κ3) is 5.22. The van der Waals surface area contributed by atoms with Gasteiger partial charge in [0.05, 0.1) is 6.61 Å². The number of rotatable bonds is 8. The van der Waals surface area contributed by atoms with Gasteiger partial charge in [0.2, 0.25) is 0 Å². The molecule has 2 aromatic carbocycles. The van der Waals surface area contributed by atoms with Gasteiger partial charge in [-0.25, -0.2) is 4.99 Å². The first kappa shape index (κ1) is 19.7. The topological polar surface area (TPSA) is 76.4 Å². The molecule has 0 bridgehead atoms. The van der Waals surface area contributed by atoms with Crippen molar-refractivity contribution in [2.75, 3.05) is 19.7 Å². The standard InChI is InChI=1S/C21H28N6O/c1-4-22-21(24-15-20-26-25-16(2)27(20)3)23-12-7-13-28-19-11-10-17-8-5-6-9-18(17)14-19/h5-6,8-11,14H,4,7,12-13,15H2,1-3H3,(H2,22,23,24). The smallest absolute Gasteiger partial charge is 0.191 e. The fourth-order valence-corrected chi connectivity index (χ4v) is 2.81. The summed E-state index contributed by atoms with van der Waals surface area (Å²) < 4.78 is 7.83. The van der Waals surface area contributed by atoms with E-state index >= 15 is 0 Å². The molecule has 0 radical (unpaired) electrons. The van der Waals surface area contributed by atoms with Gasteiger partial charge < -0.3 is 19.9 Å². The lowest BCUT2D eigenvalue weighted by molar-refractivity contribution is 0.311. The first-order chi connectivity index (χ1) is 13.7. The Hall–Kier alpha value is -3.09. The molecule has 0 atom stereocenters. The van der Waals surface area contributed by atoms with Crippen LogP contribution in [0, 0.1) is 6.92 Å². The maximum atomic E-state index is 5.88. The lowest BCUT2D eigenvalue weighted by Gasteiger charge is -2.12. The van der Waals surface area contributed by atoms with E-state index in [1.165, 1.54) is 10.8 Å². The number of fused-ring (bicyclic) bond motifs is 1. The zero-order valence-corrected chi connectivity index (χ0v) is 16.8. The molecule has 2 N–H and O–H groups in total. The Morgan fingerprint density at radius 2 is 1.93 bits per heavy atom. The van der Waals surface area contributed by atoms with Crippen molar-refractivity contribution in [3.63, 3.8) is 0 Å². The van der Waals surface area contributed by atoms with E-state index < -0.39 is 0 Å². The van der Waals surface area contributed by atoms with Gasteiger partial charge in [0.15, 0.2) is 11.8 Å². The predicted octanol–water partition coefficient (Wildman–Crippen LogP) is 2.80. The predicted molar refractivity (Wildman–Crippen MR) is 113 cm³/mol. The second-order valence-electron chi connectivity index (χ2n) is 6.56. The maximum Gasteiger partial charge on any atom is 0.191 e. The number of aromatic nitrogens is 3. The Morgan fingerprint density at radius 1 is 1.11 bits per heavy atom. The number of hydrogen-bond donors (Lipinski definition) is 2. The summed E-state index contributed by atoms with van der Waals surface area (Å²) in [6, 6.07) is 14.5. The minimum atomic E-state index is 0.486. The zero-order valence-electron chi connectivity index (χ0n) is 16.8. The SMILES string of the molecule is CCNC(=NCc1nnc(C)n1C)NCCCOc1ccc2ccccc2c1. The molecule has 0 amide bonds. The van der Waals surface area contributed by atoms with E-state index in [0.29, 0.717) is 13.2 Å². The van der Waals surface area contributed by atoms with Gasteiger partial charge in [-0.05, 0) is 43.2 Å². The summed E-state index contributed by atoms with van der Waals surface area (Å²) in [6.07, 6.45) is 0.875. The molecule has 7 nitrogen and oxygen atoms in total. The van der Waals surface area contributed by atoms with E-state index in [1.807, 2.05) is 43.7 Å².